The molecule has 2 heterocycles. The van der Waals surface area contributed by atoms with Crippen LogP contribution >= 0.6 is 0 Å². The van der Waals surface area contributed by atoms with E-state index in [4.69, 9.17) is 19.5 Å². The molecule has 2 aromatic rings. The Bertz CT molecular complexity index is 903. The van der Waals surface area contributed by atoms with Crippen molar-refractivity contribution in [1.82, 2.24) is 0 Å². The summed E-state index contributed by atoms with van der Waals surface area (Å²) in [6.07, 6.45) is 5.83. The summed E-state index contributed by atoms with van der Waals surface area (Å²) in [6, 6.07) is 21.1. The van der Waals surface area contributed by atoms with Crippen LogP contribution in [-0.2, 0) is 9.47 Å². The van der Waals surface area contributed by atoms with Crippen LogP contribution in [0, 0.1) is 23.7 Å². The highest BCUT2D eigenvalue weighted by molar-refractivity contribution is 5.91. The molecule has 0 saturated heterocycles. The van der Waals surface area contributed by atoms with Crippen molar-refractivity contribution in [2.24, 2.45) is 33.7 Å². The maximum Gasteiger partial charge on any atom is 0.188 e. The average molecular weight is 384 g/mol. The molecule has 2 aliphatic carbocycles. The first kappa shape index (κ1) is 17.0. The van der Waals surface area contributed by atoms with Crippen molar-refractivity contribution in [2.45, 2.75) is 18.5 Å². The van der Waals surface area contributed by atoms with Crippen LogP contribution < -0.4 is 0 Å². The zero-order valence-electron chi connectivity index (χ0n) is 16.2. The van der Waals surface area contributed by atoms with E-state index in [1.165, 1.54) is 11.1 Å². The fourth-order valence-corrected chi connectivity index (χ4v) is 5.34. The Kier molecular flexibility index (Phi) is 4.03. The average Bonchev–Trinajstić information content (AvgIpc) is 3.58. The summed E-state index contributed by atoms with van der Waals surface area (Å²) < 4.78 is 12.3. The van der Waals surface area contributed by atoms with Crippen molar-refractivity contribution in [3.63, 3.8) is 0 Å². The van der Waals surface area contributed by atoms with Gasteiger partial charge in [0.1, 0.15) is 25.3 Å². The van der Waals surface area contributed by atoms with Crippen LogP contribution in [0.1, 0.15) is 29.6 Å². The van der Waals surface area contributed by atoms with Gasteiger partial charge in [-0.2, -0.15) is 0 Å². The van der Waals surface area contributed by atoms with Gasteiger partial charge in [0.2, 0.25) is 0 Å². The highest BCUT2D eigenvalue weighted by Crippen LogP contribution is 2.51. The highest BCUT2D eigenvalue weighted by Gasteiger charge is 2.52. The van der Waals surface area contributed by atoms with Gasteiger partial charge in [-0.15, -0.1) is 0 Å². The number of ether oxygens (including phenoxy) is 2. The molecule has 4 heteroatoms. The number of aliphatic imine (C=N–C) groups is 2. The molecule has 2 bridgehead atoms. The number of allylic oxidation sites excluding steroid dienone is 2. The minimum Gasteiger partial charge on any atom is -0.478 e. The van der Waals surface area contributed by atoms with Gasteiger partial charge < -0.3 is 9.47 Å². The zero-order valence-corrected chi connectivity index (χ0v) is 16.2. The van der Waals surface area contributed by atoms with Crippen LogP contribution in [0.25, 0.3) is 0 Å². The smallest absolute Gasteiger partial charge is 0.188 e. The normalized spacial score (nSPS) is 34.6. The maximum absolute atomic E-state index is 6.16. The van der Waals surface area contributed by atoms with Gasteiger partial charge in [0, 0.05) is 0 Å². The van der Waals surface area contributed by atoms with Gasteiger partial charge >= 0.3 is 0 Å². The standard InChI is InChI=1S/C25H24N2O2/c1-3-7-16(8-4-1)20-14-28-24(26-20)22-18-11-12-19(13-18)23(22)25-27-21(15-29-25)17-9-5-2-6-10-17/h1-12,18-23H,13-15H2/t18-,19+,20-,21?,22+,23?/m1/s1. The third-order valence-electron chi connectivity index (χ3n) is 6.74. The Hall–Kier alpha value is -2.88. The lowest BCUT2D eigenvalue weighted by Crippen LogP contribution is -2.33. The van der Waals surface area contributed by atoms with E-state index in [1.807, 2.05) is 12.1 Å². The molecule has 2 unspecified atom stereocenters. The maximum atomic E-state index is 6.16. The molecule has 29 heavy (non-hydrogen) atoms. The van der Waals surface area contributed by atoms with E-state index < -0.39 is 0 Å². The predicted octanol–water partition coefficient (Wildman–Crippen LogP) is 4.76. The fourth-order valence-electron chi connectivity index (χ4n) is 5.34. The van der Waals surface area contributed by atoms with Gasteiger partial charge in [0.05, 0.1) is 11.8 Å². The first-order chi connectivity index (χ1) is 14.4. The number of fused-ring (bicyclic) bond motifs is 2. The van der Waals surface area contributed by atoms with E-state index in [0.717, 1.165) is 18.2 Å². The Morgan fingerprint density at radius 1 is 0.621 bits per heavy atom. The lowest BCUT2D eigenvalue weighted by atomic mass is 9.82. The van der Waals surface area contributed by atoms with E-state index in [1.54, 1.807) is 0 Å². The van der Waals surface area contributed by atoms with Gasteiger partial charge in [-0.1, -0.05) is 72.8 Å². The molecule has 0 aromatic heterocycles. The van der Waals surface area contributed by atoms with E-state index in [9.17, 15) is 0 Å². The van der Waals surface area contributed by atoms with Gasteiger partial charge in [0.15, 0.2) is 11.8 Å². The van der Waals surface area contributed by atoms with Crippen molar-refractivity contribution in [1.29, 1.82) is 0 Å². The van der Waals surface area contributed by atoms with Crippen molar-refractivity contribution in [2.75, 3.05) is 13.2 Å². The number of rotatable bonds is 4. The molecule has 4 nitrogen and oxygen atoms in total. The molecule has 0 amide bonds. The number of nitrogens with zero attached hydrogens (tertiary/aromatic N) is 2. The van der Waals surface area contributed by atoms with Crippen molar-refractivity contribution < 1.29 is 9.47 Å². The molecule has 2 aromatic carbocycles. The summed E-state index contributed by atoms with van der Waals surface area (Å²) in [5.41, 5.74) is 2.44. The van der Waals surface area contributed by atoms with Crippen LogP contribution in [0.5, 0.6) is 0 Å². The van der Waals surface area contributed by atoms with Crippen LogP contribution in [-0.4, -0.2) is 25.0 Å². The quantitative estimate of drug-likeness (QED) is 0.713. The van der Waals surface area contributed by atoms with Gasteiger partial charge in [0.25, 0.3) is 0 Å². The summed E-state index contributed by atoms with van der Waals surface area (Å²) in [5, 5.41) is 0. The van der Waals surface area contributed by atoms with Crippen LogP contribution in [0.2, 0.25) is 0 Å². The SMILES string of the molecule is C1=C[C@H]2C[C@@H]1[C@H](C1=N[C@@H](c3ccccc3)CO1)C2C1=NC(c2ccccc2)CO1. The third-order valence-corrected chi connectivity index (χ3v) is 6.74. The monoisotopic (exact) mass is 384 g/mol. The molecule has 6 atom stereocenters. The summed E-state index contributed by atoms with van der Waals surface area (Å²) in [4.78, 5) is 10.0. The fraction of sp³-hybridized carbons (Fsp3) is 0.360. The molecule has 1 fully saturated rings. The summed E-state index contributed by atoms with van der Waals surface area (Å²) >= 11 is 0. The number of benzene rings is 2. The molecule has 0 N–H and O–H groups in total. The lowest BCUT2D eigenvalue weighted by molar-refractivity contribution is 0.260. The summed E-state index contributed by atoms with van der Waals surface area (Å²) in [5.74, 6) is 3.23. The molecular formula is C25H24N2O2. The molecule has 0 radical (unpaired) electrons. The second kappa shape index (κ2) is 6.87. The minimum atomic E-state index is 0.0958. The van der Waals surface area contributed by atoms with Crippen molar-refractivity contribution in [3.8, 4) is 0 Å². The van der Waals surface area contributed by atoms with E-state index in [-0.39, 0.29) is 23.9 Å². The molecular weight excluding hydrogens is 360 g/mol. The Balaban J connectivity index is 1.29. The molecule has 1 saturated carbocycles. The first-order valence-electron chi connectivity index (χ1n) is 10.6. The topological polar surface area (TPSA) is 43.2 Å². The summed E-state index contributed by atoms with van der Waals surface area (Å²) in [6.45, 7) is 1.26. The zero-order chi connectivity index (χ0) is 19.2. The Morgan fingerprint density at radius 3 is 1.52 bits per heavy atom. The molecule has 6 rings (SSSR count). The second-order valence-corrected chi connectivity index (χ2v) is 8.41. The molecule has 2 aliphatic heterocycles. The predicted molar refractivity (Wildman–Crippen MR) is 113 cm³/mol. The van der Waals surface area contributed by atoms with Gasteiger partial charge in [-0.25, -0.2) is 9.98 Å². The molecule has 4 aliphatic rings. The highest BCUT2D eigenvalue weighted by atomic mass is 16.5. The van der Waals surface area contributed by atoms with E-state index in [0.29, 0.717) is 25.0 Å². The lowest BCUT2D eigenvalue weighted by Gasteiger charge is -2.26. The minimum absolute atomic E-state index is 0.0958. The number of hydrogen-bond acceptors (Lipinski definition) is 4. The Morgan fingerprint density at radius 2 is 1.07 bits per heavy atom. The molecule has 146 valence electrons. The van der Waals surface area contributed by atoms with Crippen LogP contribution in [0.3, 0.4) is 0 Å². The largest absolute Gasteiger partial charge is 0.478 e. The second-order valence-electron chi connectivity index (χ2n) is 8.41. The van der Waals surface area contributed by atoms with E-state index in [2.05, 4.69) is 60.7 Å². The summed E-state index contributed by atoms with van der Waals surface area (Å²) in [7, 11) is 0. The number of hydrogen-bond donors (Lipinski definition) is 0. The van der Waals surface area contributed by atoms with Crippen molar-refractivity contribution in [3.05, 3.63) is 83.9 Å². The van der Waals surface area contributed by atoms with Crippen molar-refractivity contribution >= 4 is 11.8 Å². The van der Waals surface area contributed by atoms with Gasteiger partial charge in [-0.05, 0) is 29.4 Å². The first-order valence-corrected chi connectivity index (χ1v) is 10.6. The molecule has 0 spiro atoms. The van der Waals surface area contributed by atoms with Crippen LogP contribution in [0.15, 0.2) is 82.8 Å². The van der Waals surface area contributed by atoms with E-state index >= 15 is 0 Å². The third kappa shape index (κ3) is 2.89. The van der Waals surface area contributed by atoms with Crippen LogP contribution in [0.4, 0.5) is 0 Å². The Labute approximate surface area is 171 Å². The van der Waals surface area contributed by atoms with Gasteiger partial charge in [-0.3, -0.25) is 0 Å².